The fourth-order valence-corrected chi connectivity index (χ4v) is 4.08. The molecule has 0 saturated carbocycles. The van der Waals surface area contributed by atoms with Crippen molar-refractivity contribution in [2.75, 3.05) is 20.3 Å². The number of methoxy groups -OCH3 is 1. The second kappa shape index (κ2) is 12.7. The van der Waals surface area contributed by atoms with E-state index in [0.29, 0.717) is 31.0 Å². The SMILES string of the molecule is COCCn1nccc1C(=O)NCC1=NOC(Cc2ccccc2)(C(=O)N[C@@H](CC(C)C)B(O)O)C1. The molecule has 0 aliphatic carbocycles. The maximum Gasteiger partial charge on any atom is 0.475 e. The van der Waals surface area contributed by atoms with Gasteiger partial charge in [0.25, 0.3) is 11.8 Å². The summed E-state index contributed by atoms with van der Waals surface area (Å²) in [5, 5.41) is 33.4. The van der Waals surface area contributed by atoms with Crippen LogP contribution >= 0.6 is 0 Å². The minimum absolute atomic E-state index is 0.0795. The topological polar surface area (TPSA) is 147 Å². The second-order valence-electron chi connectivity index (χ2n) is 9.32. The number of carbonyl (C=O) groups is 2. The number of carbonyl (C=O) groups excluding carboxylic acids is 2. The van der Waals surface area contributed by atoms with Gasteiger partial charge in [0.1, 0.15) is 5.69 Å². The molecule has 0 radical (unpaired) electrons. The molecule has 2 aromatic rings. The van der Waals surface area contributed by atoms with E-state index in [4.69, 9.17) is 9.57 Å². The predicted molar refractivity (Wildman–Crippen MR) is 134 cm³/mol. The maximum absolute atomic E-state index is 13.4. The summed E-state index contributed by atoms with van der Waals surface area (Å²) in [4.78, 5) is 31.9. The predicted octanol–water partition coefficient (Wildman–Crippen LogP) is 0.560. The summed E-state index contributed by atoms with van der Waals surface area (Å²) >= 11 is 0. The largest absolute Gasteiger partial charge is 0.475 e. The van der Waals surface area contributed by atoms with Gasteiger partial charge in [-0.1, -0.05) is 49.3 Å². The quantitative estimate of drug-likeness (QED) is 0.295. The first kappa shape index (κ1) is 27.4. The molecule has 2 amide bonds. The van der Waals surface area contributed by atoms with Crippen molar-refractivity contribution < 1.29 is 29.2 Å². The van der Waals surface area contributed by atoms with Gasteiger partial charge in [0.15, 0.2) is 0 Å². The first-order valence-corrected chi connectivity index (χ1v) is 12.0. The molecule has 1 aliphatic heterocycles. The molecule has 12 heteroatoms. The van der Waals surface area contributed by atoms with Gasteiger partial charge in [-0.05, 0) is 24.0 Å². The molecule has 1 aliphatic rings. The number of ether oxygens (including phenoxy) is 1. The standard InChI is InChI=1S/C24H34BN5O6/c1-17(2)13-21(25(33)34)28-23(32)24(14-18-7-5-4-6-8-18)15-19(29-36-24)16-26-22(31)20-9-10-27-30(20)11-12-35-3/h4-10,17,21,33-34H,11-16H2,1-3H3,(H,26,31)(H,28,32)/t21-,24?/m0/s1. The molecule has 2 heterocycles. The summed E-state index contributed by atoms with van der Waals surface area (Å²) < 4.78 is 6.60. The van der Waals surface area contributed by atoms with Gasteiger partial charge >= 0.3 is 7.12 Å². The number of benzene rings is 1. The highest BCUT2D eigenvalue weighted by atomic mass is 16.7. The van der Waals surface area contributed by atoms with Crippen LogP contribution in [0.25, 0.3) is 0 Å². The lowest BCUT2D eigenvalue weighted by Gasteiger charge is -2.29. The van der Waals surface area contributed by atoms with Crippen molar-refractivity contribution in [2.45, 2.75) is 51.2 Å². The van der Waals surface area contributed by atoms with Gasteiger partial charge in [-0.25, -0.2) is 0 Å². The molecular weight excluding hydrogens is 465 g/mol. The third kappa shape index (κ3) is 7.15. The molecule has 4 N–H and O–H groups in total. The fourth-order valence-electron chi connectivity index (χ4n) is 4.08. The molecule has 3 rings (SSSR count). The monoisotopic (exact) mass is 499 g/mol. The van der Waals surface area contributed by atoms with Crippen LogP contribution in [0.5, 0.6) is 0 Å². The molecule has 0 saturated heterocycles. The Kier molecular flexibility index (Phi) is 9.62. The van der Waals surface area contributed by atoms with Crippen LogP contribution in [0.4, 0.5) is 0 Å². The summed E-state index contributed by atoms with van der Waals surface area (Å²) in [6.45, 7) is 4.79. The molecule has 36 heavy (non-hydrogen) atoms. The van der Waals surface area contributed by atoms with Gasteiger partial charge in [0.2, 0.25) is 5.60 Å². The van der Waals surface area contributed by atoms with Crippen LogP contribution in [0.1, 0.15) is 42.7 Å². The van der Waals surface area contributed by atoms with Crippen LogP contribution in [0.2, 0.25) is 0 Å². The number of nitrogens with zero attached hydrogens (tertiary/aromatic N) is 3. The first-order valence-electron chi connectivity index (χ1n) is 12.0. The summed E-state index contributed by atoms with van der Waals surface area (Å²) in [7, 11) is -0.139. The summed E-state index contributed by atoms with van der Waals surface area (Å²) in [6.07, 6.45) is 2.28. The Labute approximate surface area is 211 Å². The van der Waals surface area contributed by atoms with Crippen LogP contribution in [-0.4, -0.2) is 76.3 Å². The molecule has 1 unspecified atom stereocenters. The second-order valence-corrected chi connectivity index (χ2v) is 9.32. The molecule has 11 nitrogen and oxygen atoms in total. The van der Waals surface area contributed by atoms with E-state index in [1.807, 2.05) is 44.2 Å². The normalized spacial score (nSPS) is 17.9. The van der Waals surface area contributed by atoms with Crippen LogP contribution in [-0.2, 0) is 27.3 Å². The highest BCUT2D eigenvalue weighted by Crippen LogP contribution is 2.29. The van der Waals surface area contributed by atoms with Gasteiger partial charge in [-0.15, -0.1) is 0 Å². The number of rotatable bonds is 13. The minimum Gasteiger partial charge on any atom is -0.426 e. The van der Waals surface area contributed by atoms with Crippen molar-refractivity contribution in [1.82, 2.24) is 20.4 Å². The zero-order valence-corrected chi connectivity index (χ0v) is 20.9. The molecule has 1 aromatic carbocycles. The number of hydrogen-bond acceptors (Lipinski definition) is 8. The number of oxime groups is 1. The van der Waals surface area contributed by atoms with Crippen molar-refractivity contribution >= 4 is 24.6 Å². The third-order valence-electron chi connectivity index (χ3n) is 5.90. The lowest BCUT2D eigenvalue weighted by atomic mass is 9.74. The van der Waals surface area contributed by atoms with Gasteiger partial charge < -0.3 is 30.3 Å². The van der Waals surface area contributed by atoms with Crippen molar-refractivity contribution in [3.63, 3.8) is 0 Å². The average Bonchev–Trinajstić information content (AvgIpc) is 3.49. The highest BCUT2D eigenvalue weighted by molar-refractivity contribution is 6.43. The lowest BCUT2D eigenvalue weighted by Crippen LogP contribution is -2.56. The van der Waals surface area contributed by atoms with E-state index in [9.17, 15) is 19.6 Å². The maximum atomic E-state index is 13.4. The molecule has 0 bridgehead atoms. The van der Waals surface area contributed by atoms with Crippen LogP contribution < -0.4 is 10.6 Å². The average molecular weight is 499 g/mol. The number of nitrogens with one attached hydrogen (secondary N) is 2. The Morgan fingerprint density at radius 2 is 2.00 bits per heavy atom. The van der Waals surface area contributed by atoms with E-state index in [0.717, 1.165) is 5.56 Å². The number of amides is 2. The molecule has 1 aromatic heterocycles. The van der Waals surface area contributed by atoms with Gasteiger partial charge in [0.05, 0.1) is 31.3 Å². The molecule has 0 spiro atoms. The Balaban J connectivity index is 1.70. The van der Waals surface area contributed by atoms with Crippen LogP contribution in [0, 0.1) is 5.92 Å². The molecule has 0 fully saturated rings. The smallest absolute Gasteiger partial charge is 0.426 e. The molecular formula is C24H34BN5O6. The van der Waals surface area contributed by atoms with Crippen LogP contribution in [0.15, 0.2) is 47.8 Å². The van der Waals surface area contributed by atoms with Gasteiger partial charge in [-0.2, -0.15) is 5.10 Å². The molecule has 2 atom stereocenters. The van der Waals surface area contributed by atoms with Crippen molar-refractivity contribution in [2.24, 2.45) is 11.1 Å². The van der Waals surface area contributed by atoms with Crippen LogP contribution in [0.3, 0.4) is 0 Å². The van der Waals surface area contributed by atoms with E-state index in [1.54, 1.807) is 24.1 Å². The Bertz CT molecular complexity index is 1040. The van der Waals surface area contributed by atoms with E-state index < -0.39 is 24.6 Å². The Morgan fingerprint density at radius 3 is 2.67 bits per heavy atom. The summed E-state index contributed by atoms with van der Waals surface area (Å²) in [6, 6.07) is 11.0. The van der Waals surface area contributed by atoms with Crippen molar-refractivity contribution in [3.8, 4) is 0 Å². The summed E-state index contributed by atoms with van der Waals surface area (Å²) in [5.74, 6) is -1.56. The van der Waals surface area contributed by atoms with E-state index in [2.05, 4.69) is 20.9 Å². The van der Waals surface area contributed by atoms with E-state index in [1.165, 1.54) is 0 Å². The lowest BCUT2D eigenvalue weighted by molar-refractivity contribution is -0.144. The Hall–Kier alpha value is -3.22. The Morgan fingerprint density at radius 1 is 1.25 bits per heavy atom. The fraction of sp³-hybridized carbons (Fsp3) is 0.500. The van der Waals surface area contributed by atoms with Crippen molar-refractivity contribution in [3.05, 3.63) is 53.9 Å². The highest BCUT2D eigenvalue weighted by Gasteiger charge is 2.48. The van der Waals surface area contributed by atoms with E-state index in [-0.39, 0.29) is 31.2 Å². The number of aromatic nitrogens is 2. The van der Waals surface area contributed by atoms with Crippen molar-refractivity contribution in [1.29, 1.82) is 0 Å². The van der Waals surface area contributed by atoms with Gasteiger partial charge in [0, 0.05) is 26.1 Å². The molecule has 194 valence electrons. The zero-order chi connectivity index (χ0) is 26.1. The third-order valence-corrected chi connectivity index (χ3v) is 5.90. The first-order chi connectivity index (χ1) is 17.2. The zero-order valence-electron chi connectivity index (χ0n) is 20.9. The summed E-state index contributed by atoms with van der Waals surface area (Å²) in [5.41, 5.74) is 0.349. The van der Waals surface area contributed by atoms with E-state index >= 15 is 0 Å². The minimum atomic E-state index is -1.71. The number of hydrogen-bond donors (Lipinski definition) is 4. The van der Waals surface area contributed by atoms with Gasteiger partial charge in [-0.3, -0.25) is 14.3 Å².